The Morgan fingerprint density at radius 2 is 1.84 bits per heavy atom. The number of halogens is 1. The summed E-state index contributed by atoms with van der Waals surface area (Å²) >= 11 is 5.27. The summed E-state index contributed by atoms with van der Waals surface area (Å²) in [4.78, 5) is 2.13. The van der Waals surface area contributed by atoms with E-state index in [4.69, 9.17) is 32.3 Å². The lowest BCUT2D eigenvalue weighted by Crippen LogP contribution is -2.21. The topological polar surface area (TPSA) is 94.3 Å². The predicted octanol–water partition coefficient (Wildman–Crippen LogP) is -0.919. The lowest BCUT2D eigenvalue weighted by molar-refractivity contribution is 0.266. The Hall–Kier alpha value is 0.0500. The van der Waals surface area contributed by atoms with Gasteiger partial charge in [-0.25, -0.2) is 0 Å². The first kappa shape index (κ1) is 21.4. The second kappa shape index (κ2) is 18.0. The zero-order valence-corrected chi connectivity index (χ0v) is 12.9. The summed E-state index contributed by atoms with van der Waals surface area (Å²) in [6.45, 7) is 4.21. The summed E-state index contributed by atoms with van der Waals surface area (Å²) in [6.07, 6.45) is 1.50. The Labute approximate surface area is 121 Å². The molecule has 1 aliphatic rings. The van der Waals surface area contributed by atoms with E-state index in [1.54, 1.807) is 0 Å². The van der Waals surface area contributed by atoms with Gasteiger partial charge in [0.25, 0.3) is 0 Å². The van der Waals surface area contributed by atoms with Gasteiger partial charge in [0.1, 0.15) is 0 Å². The maximum atomic E-state index is 8.15. The number of nitrogens with one attached hydrogen (secondary N) is 1. The lowest BCUT2D eigenvalue weighted by atomic mass is 10.4. The number of aliphatic hydroxyl groups is 2. The molecule has 0 bridgehead atoms. The minimum atomic E-state index is 0.139. The number of ether oxygens (including phenoxy) is 1. The highest BCUT2D eigenvalue weighted by atomic mass is 35.5. The van der Waals surface area contributed by atoms with Crippen molar-refractivity contribution in [3.8, 4) is 0 Å². The molecule has 0 aromatic rings. The lowest BCUT2D eigenvalue weighted by Gasteiger charge is -2.05. The van der Waals surface area contributed by atoms with Gasteiger partial charge >= 0.3 is 0 Å². The van der Waals surface area contributed by atoms with E-state index in [0.717, 1.165) is 26.1 Å². The van der Waals surface area contributed by atoms with Crippen LogP contribution in [-0.4, -0.2) is 87.2 Å². The van der Waals surface area contributed by atoms with Gasteiger partial charge in [0.2, 0.25) is 0 Å². The summed E-state index contributed by atoms with van der Waals surface area (Å²) in [5.41, 5.74) is 5.25. The van der Waals surface area contributed by atoms with Gasteiger partial charge in [-0.15, -0.1) is 11.6 Å². The standard InChI is InChI=1S/C5H14N2.C4H11NO2.C3H5ClO/c1-7(2)5-3-4-6;6-3-1-5-2-4-7;4-1-3-2-5-3/h3-6H2,1-2H3;5-7H,1-4H2;3H,1-2H2. The summed E-state index contributed by atoms with van der Waals surface area (Å²) in [7, 11) is 4.10. The number of hydrogen-bond donors (Lipinski definition) is 4. The molecular formula is C12H30ClN3O3. The number of aliphatic hydroxyl groups excluding tert-OH is 2. The Bertz CT molecular complexity index is 157. The van der Waals surface area contributed by atoms with Gasteiger partial charge < -0.3 is 30.9 Å². The van der Waals surface area contributed by atoms with E-state index in [2.05, 4.69) is 24.3 Å². The van der Waals surface area contributed by atoms with E-state index in [0.29, 0.717) is 25.1 Å². The Morgan fingerprint density at radius 3 is 2.00 bits per heavy atom. The fourth-order valence-electron chi connectivity index (χ4n) is 0.848. The Kier molecular flexibility index (Phi) is 20.3. The molecule has 1 unspecified atom stereocenters. The quantitative estimate of drug-likeness (QED) is 0.263. The van der Waals surface area contributed by atoms with Crippen LogP contribution in [0.2, 0.25) is 0 Å². The van der Waals surface area contributed by atoms with Crippen LogP contribution in [0.3, 0.4) is 0 Å². The van der Waals surface area contributed by atoms with Crippen LogP contribution in [0, 0.1) is 0 Å². The van der Waals surface area contributed by atoms with E-state index in [9.17, 15) is 0 Å². The fraction of sp³-hybridized carbons (Fsp3) is 1.00. The van der Waals surface area contributed by atoms with Gasteiger partial charge in [0.05, 0.1) is 31.8 Å². The molecule has 0 amide bonds. The van der Waals surface area contributed by atoms with Crippen LogP contribution in [0.1, 0.15) is 6.42 Å². The van der Waals surface area contributed by atoms with Crippen LogP contribution < -0.4 is 11.1 Å². The third-order valence-corrected chi connectivity index (χ3v) is 2.31. The van der Waals surface area contributed by atoms with E-state index in [1.165, 1.54) is 0 Å². The van der Waals surface area contributed by atoms with Crippen molar-refractivity contribution in [2.75, 3.05) is 66.0 Å². The van der Waals surface area contributed by atoms with Crippen molar-refractivity contribution in [3.05, 3.63) is 0 Å². The highest BCUT2D eigenvalue weighted by Crippen LogP contribution is 2.08. The van der Waals surface area contributed by atoms with Crippen LogP contribution >= 0.6 is 11.6 Å². The molecule has 1 fully saturated rings. The average Bonchev–Trinajstić information content (AvgIpc) is 3.22. The molecule has 0 aromatic carbocycles. The summed E-state index contributed by atoms with van der Waals surface area (Å²) in [5.74, 6) is 0.667. The SMILES string of the molecule is CN(C)CCCN.ClCC1CO1.OCCNCCO. The minimum Gasteiger partial charge on any atom is -0.395 e. The van der Waals surface area contributed by atoms with Gasteiger partial charge in [-0.05, 0) is 33.6 Å². The van der Waals surface area contributed by atoms with Crippen molar-refractivity contribution in [1.82, 2.24) is 10.2 Å². The molecule has 19 heavy (non-hydrogen) atoms. The summed E-state index contributed by atoms with van der Waals surface area (Å²) in [6, 6.07) is 0. The van der Waals surface area contributed by atoms with E-state index in [1.807, 2.05) is 0 Å². The molecule has 6 nitrogen and oxygen atoms in total. The van der Waals surface area contributed by atoms with Crippen molar-refractivity contribution >= 4 is 11.6 Å². The zero-order valence-electron chi connectivity index (χ0n) is 12.1. The van der Waals surface area contributed by atoms with Gasteiger partial charge in [0, 0.05) is 13.1 Å². The summed E-state index contributed by atoms with van der Waals surface area (Å²) in [5, 5.41) is 19.1. The maximum absolute atomic E-state index is 8.15. The van der Waals surface area contributed by atoms with Gasteiger partial charge in [0.15, 0.2) is 0 Å². The molecule has 0 spiro atoms. The maximum Gasteiger partial charge on any atom is 0.0944 e. The van der Waals surface area contributed by atoms with Crippen LogP contribution in [0.25, 0.3) is 0 Å². The molecule has 118 valence electrons. The predicted molar refractivity (Wildman–Crippen MR) is 79.7 cm³/mol. The van der Waals surface area contributed by atoms with Crippen LogP contribution in [0.4, 0.5) is 0 Å². The van der Waals surface area contributed by atoms with Crippen molar-refractivity contribution in [2.24, 2.45) is 5.73 Å². The summed E-state index contributed by atoms with van der Waals surface area (Å²) < 4.78 is 4.73. The second-order valence-corrected chi connectivity index (χ2v) is 4.56. The minimum absolute atomic E-state index is 0.139. The molecule has 0 saturated carbocycles. The molecule has 1 rings (SSSR count). The first-order valence-electron chi connectivity index (χ1n) is 6.57. The van der Waals surface area contributed by atoms with Crippen molar-refractivity contribution in [1.29, 1.82) is 0 Å². The number of nitrogens with zero attached hydrogens (tertiary/aromatic N) is 1. The smallest absolute Gasteiger partial charge is 0.0944 e. The van der Waals surface area contributed by atoms with Crippen LogP contribution in [0.5, 0.6) is 0 Å². The molecule has 5 N–H and O–H groups in total. The molecule has 1 aliphatic heterocycles. The number of epoxide rings is 1. The third kappa shape index (κ3) is 27.3. The molecule has 1 atom stereocenters. The van der Waals surface area contributed by atoms with Crippen molar-refractivity contribution < 1.29 is 14.9 Å². The number of hydrogen-bond acceptors (Lipinski definition) is 6. The van der Waals surface area contributed by atoms with E-state index in [-0.39, 0.29) is 13.2 Å². The monoisotopic (exact) mass is 299 g/mol. The molecular weight excluding hydrogens is 270 g/mol. The molecule has 1 heterocycles. The highest BCUT2D eigenvalue weighted by molar-refractivity contribution is 6.18. The van der Waals surface area contributed by atoms with Gasteiger partial charge in [-0.3, -0.25) is 0 Å². The molecule has 7 heteroatoms. The molecule has 0 aliphatic carbocycles. The van der Waals surface area contributed by atoms with E-state index >= 15 is 0 Å². The highest BCUT2D eigenvalue weighted by Gasteiger charge is 2.19. The Balaban J connectivity index is 0. The first-order valence-corrected chi connectivity index (χ1v) is 7.10. The average molecular weight is 300 g/mol. The van der Waals surface area contributed by atoms with Crippen LogP contribution in [0.15, 0.2) is 0 Å². The van der Waals surface area contributed by atoms with Crippen LogP contribution in [-0.2, 0) is 4.74 Å². The van der Waals surface area contributed by atoms with Gasteiger partial charge in [-0.1, -0.05) is 0 Å². The molecule has 0 aromatic heterocycles. The zero-order chi connectivity index (χ0) is 14.9. The normalized spacial score (nSPS) is 16.3. The number of nitrogens with two attached hydrogens (primary N) is 1. The number of alkyl halides is 1. The number of rotatable bonds is 8. The molecule has 1 saturated heterocycles. The Morgan fingerprint density at radius 1 is 1.32 bits per heavy atom. The van der Waals surface area contributed by atoms with Crippen molar-refractivity contribution in [2.45, 2.75) is 12.5 Å². The second-order valence-electron chi connectivity index (χ2n) is 4.25. The molecule has 0 radical (unpaired) electrons. The third-order valence-electron chi connectivity index (χ3n) is 1.96. The first-order chi connectivity index (χ1) is 9.12. The van der Waals surface area contributed by atoms with Gasteiger partial charge in [-0.2, -0.15) is 0 Å². The fourth-order valence-corrected chi connectivity index (χ4v) is 1.03. The van der Waals surface area contributed by atoms with E-state index < -0.39 is 0 Å². The largest absolute Gasteiger partial charge is 0.395 e. The van der Waals surface area contributed by atoms with Crippen molar-refractivity contribution in [3.63, 3.8) is 0 Å².